The van der Waals surface area contributed by atoms with Crippen molar-refractivity contribution in [3.8, 4) is 0 Å². The maximum absolute atomic E-state index is 13.2. The molecule has 0 radical (unpaired) electrons. The Bertz CT molecular complexity index is 586. The van der Waals surface area contributed by atoms with E-state index < -0.39 is 18.4 Å². The normalized spacial score (nSPS) is 15.3. The number of imide groups is 1. The van der Waals surface area contributed by atoms with Crippen LogP contribution in [0, 0.1) is 0 Å². The van der Waals surface area contributed by atoms with Gasteiger partial charge in [0, 0.05) is 0 Å². The molecule has 0 saturated carbocycles. The van der Waals surface area contributed by atoms with E-state index in [-0.39, 0.29) is 15.9 Å². The van der Waals surface area contributed by atoms with E-state index in [9.17, 15) is 9.59 Å². The van der Waals surface area contributed by atoms with E-state index in [0.717, 1.165) is 6.42 Å². The minimum atomic E-state index is -2.73. The molecule has 0 aromatic heterocycles. The Kier molecular flexibility index (Phi) is 8.84. The molecular formula is C23H37NO2Sn. The molecule has 1 aliphatic heterocycles. The Morgan fingerprint density at radius 1 is 0.778 bits per heavy atom. The Morgan fingerprint density at radius 2 is 1.19 bits per heavy atom. The maximum atomic E-state index is 13.2. The number of benzene rings is 1. The van der Waals surface area contributed by atoms with Crippen molar-refractivity contribution in [1.29, 1.82) is 0 Å². The molecule has 0 aliphatic carbocycles. The molecule has 1 aromatic carbocycles. The molecule has 4 heteroatoms. The van der Waals surface area contributed by atoms with Crippen molar-refractivity contribution in [3.05, 3.63) is 35.4 Å². The predicted molar refractivity (Wildman–Crippen MR) is 116 cm³/mol. The number of hydrogen-bond acceptors (Lipinski definition) is 2. The zero-order chi connectivity index (χ0) is 19.9. The molecule has 0 bridgehead atoms. The van der Waals surface area contributed by atoms with Crippen molar-refractivity contribution in [2.45, 2.75) is 90.0 Å². The van der Waals surface area contributed by atoms with Gasteiger partial charge < -0.3 is 0 Å². The van der Waals surface area contributed by atoms with Crippen LogP contribution < -0.4 is 0 Å². The van der Waals surface area contributed by atoms with E-state index in [1.165, 1.54) is 51.8 Å². The van der Waals surface area contributed by atoms with E-state index in [1.54, 1.807) is 4.90 Å². The van der Waals surface area contributed by atoms with Crippen LogP contribution in [0.15, 0.2) is 24.3 Å². The van der Waals surface area contributed by atoms with E-state index >= 15 is 0 Å². The Hall–Kier alpha value is -0.841. The second kappa shape index (κ2) is 10.6. The number of nitrogens with zero attached hydrogens (tertiary/aromatic N) is 1. The number of amides is 2. The summed E-state index contributed by atoms with van der Waals surface area (Å²) in [5, 5.41) is 0. The average Bonchev–Trinajstić information content (AvgIpc) is 2.94. The van der Waals surface area contributed by atoms with Gasteiger partial charge in [-0.25, -0.2) is 0 Å². The number of hydrogen-bond donors (Lipinski definition) is 0. The van der Waals surface area contributed by atoms with Crippen molar-refractivity contribution >= 4 is 30.2 Å². The van der Waals surface area contributed by atoms with Crippen LogP contribution in [0.5, 0.6) is 0 Å². The van der Waals surface area contributed by atoms with Gasteiger partial charge in [-0.3, -0.25) is 0 Å². The summed E-state index contributed by atoms with van der Waals surface area (Å²) in [5.74, 6) is -0.0685. The summed E-state index contributed by atoms with van der Waals surface area (Å²) in [6.45, 7) is 8.99. The molecule has 150 valence electrons. The van der Waals surface area contributed by atoms with Crippen LogP contribution in [0.25, 0.3) is 0 Å². The molecule has 2 rings (SSSR count). The van der Waals surface area contributed by atoms with Gasteiger partial charge in [0.25, 0.3) is 0 Å². The summed E-state index contributed by atoms with van der Waals surface area (Å²) in [4.78, 5) is 28.2. The van der Waals surface area contributed by atoms with Crippen LogP contribution in [-0.4, -0.2) is 39.1 Å². The van der Waals surface area contributed by atoms with Crippen LogP contribution in [0.3, 0.4) is 0 Å². The van der Waals surface area contributed by atoms with E-state index in [2.05, 4.69) is 27.7 Å². The van der Waals surface area contributed by atoms with Gasteiger partial charge in [-0.1, -0.05) is 0 Å². The van der Waals surface area contributed by atoms with Gasteiger partial charge in [-0.2, -0.15) is 0 Å². The zero-order valence-electron chi connectivity index (χ0n) is 17.7. The van der Waals surface area contributed by atoms with Crippen LogP contribution in [0.1, 0.15) is 93.4 Å². The summed E-state index contributed by atoms with van der Waals surface area (Å²) < 4.78 is 4.15. The summed E-state index contributed by atoms with van der Waals surface area (Å²) >= 11 is -2.73. The molecule has 3 nitrogen and oxygen atoms in total. The molecule has 0 saturated heterocycles. The van der Waals surface area contributed by atoms with Crippen LogP contribution in [-0.2, 0) is 0 Å². The van der Waals surface area contributed by atoms with E-state index in [4.69, 9.17) is 0 Å². The number of fused-ring (bicyclic) bond motifs is 1. The van der Waals surface area contributed by atoms with Crippen LogP contribution in [0.4, 0.5) is 0 Å². The quantitative estimate of drug-likeness (QED) is 0.256. The van der Waals surface area contributed by atoms with Gasteiger partial charge in [0.15, 0.2) is 0 Å². The Balaban J connectivity index is 2.43. The molecule has 1 heterocycles. The van der Waals surface area contributed by atoms with Gasteiger partial charge >= 0.3 is 170 Å². The predicted octanol–water partition coefficient (Wildman–Crippen LogP) is 6.45. The first-order valence-electron chi connectivity index (χ1n) is 11.0. The third-order valence-corrected chi connectivity index (χ3v) is 23.8. The monoisotopic (exact) mass is 479 g/mol. The van der Waals surface area contributed by atoms with Crippen molar-refractivity contribution in [1.82, 2.24) is 4.90 Å². The number of unbranched alkanes of at least 4 members (excludes halogenated alkanes) is 3. The summed E-state index contributed by atoms with van der Waals surface area (Å²) in [7, 11) is 0. The van der Waals surface area contributed by atoms with Gasteiger partial charge in [-0.05, 0) is 0 Å². The molecule has 1 unspecified atom stereocenters. The fourth-order valence-corrected chi connectivity index (χ4v) is 23.6. The second-order valence-corrected chi connectivity index (χ2v) is 22.1. The molecule has 27 heavy (non-hydrogen) atoms. The first-order valence-corrected chi connectivity index (χ1v) is 18.7. The van der Waals surface area contributed by atoms with E-state index in [0.29, 0.717) is 11.1 Å². The van der Waals surface area contributed by atoms with Crippen LogP contribution >= 0.6 is 0 Å². The topological polar surface area (TPSA) is 37.4 Å². The van der Waals surface area contributed by atoms with Crippen LogP contribution in [0.2, 0.25) is 13.3 Å². The SMILES string of the molecule is CCC[CH2][Sn]([CH2]CCC)([CH2]CCC)[CH](CC)N1C(=O)c2ccccc2C1=O. The zero-order valence-corrected chi connectivity index (χ0v) is 20.6. The Labute approximate surface area is 169 Å². The summed E-state index contributed by atoms with van der Waals surface area (Å²) in [5.41, 5.74) is 1.23. The van der Waals surface area contributed by atoms with Crippen molar-refractivity contribution in [2.75, 3.05) is 0 Å². The third-order valence-electron chi connectivity index (χ3n) is 6.32. The average molecular weight is 478 g/mol. The van der Waals surface area contributed by atoms with Gasteiger partial charge in [-0.15, -0.1) is 0 Å². The molecule has 2 amide bonds. The fourth-order valence-electron chi connectivity index (χ4n) is 4.84. The number of carbonyl (C=O) groups excluding carboxylic acids is 2. The second-order valence-electron chi connectivity index (χ2n) is 8.12. The van der Waals surface area contributed by atoms with Gasteiger partial charge in [0.05, 0.1) is 0 Å². The third kappa shape index (κ3) is 4.77. The van der Waals surface area contributed by atoms with Gasteiger partial charge in [0.2, 0.25) is 0 Å². The molecule has 1 aromatic rings. The van der Waals surface area contributed by atoms with Gasteiger partial charge in [0.1, 0.15) is 0 Å². The molecular weight excluding hydrogens is 441 g/mol. The molecule has 0 fully saturated rings. The minimum absolute atomic E-state index is 0.0342. The number of rotatable bonds is 12. The standard InChI is InChI=1S/C11H10NO2.3C4H9.Sn/c1-2-7-12-10(13)8-5-3-4-6-9(8)11(12)14;3*1-3-4-2;/h3-7H,2H2,1H3;3*1,3-4H2,2H3;. The van der Waals surface area contributed by atoms with E-state index in [1.807, 2.05) is 24.3 Å². The molecule has 1 atom stereocenters. The van der Waals surface area contributed by atoms with Crippen molar-refractivity contribution < 1.29 is 9.59 Å². The number of carbonyl (C=O) groups is 2. The van der Waals surface area contributed by atoms with Crippen molar-refractivity contribution in [3.63, 3.8) is 0 Å². The molecule has 0 spiro atoms. The summed E-state index contributed by atoms with van der Waals surface area (Å²) in [6.07, 6.45) is 8.30. The fraction of sp³-hybridized carbons (Fsp3) is 0.652. The Morgan fingerprint density at radius 3 is 1.52 bits per heavy atom. The first-order chi connectivity index (χ1) is 13.1. The molecule has 1 aliphatic rings. The molecule has 0 N–H and O–H groups in total. The van der Waals surface area contributed by atoms with Crippen molar-refractivity contribution in [2.24, 2.45) is 0 Å². The first kappa shape index (κ1) is 22.4. The summed E-state index contributed by atoms with van der Waals surface area (Å²) in [6, 6.07) is 7.39.